The minimum Gasteiger partial charge on any atom is -0.459 e. The Hall–Kier alpha value is -1.78. The second-order valence-electron chi connectivity index (χ2n) is 6.39. The molecule has 0 spiro atoms. The van der Waals surface area contributed by atoms with Crippen molar-refractivity contribution in [1.82, 2.24) is 9.80 Å². The predicted octanol–water partition coefficient (Wildman–Crippen LogP) is 1.90. The molecule has 4 rings (SSSR count). The highest BCUT2D eigenvalue weighted by atomic mass is 16.3. The largest absolute Gasteiger partial charge is 0.459 e. The third-order valence-corrected chi connectivity index (χ3v) is 5.22. The summed E-state index contributed by atoms with van der Waals surface area (Å²) < 4.78 is 5.25. The van der Waals surface area contributed by atoms with Crippen molar-refractivity contribution in [2.75, 3.05) is 13.1 Å². The van der Waals surface area contributed by atoms with Gasteiger partial charge in [-0.2, -0.15) is 0 Å². The Morgan fingerprint density at radius 2 is 2.00 bits per heavy atom. The van der Waals surface area contributed by atoms with Crippen LogP contribution in [0, 0.1) is 5.92 Å². The number of carbonyl (C=O) groups excluding carboxylic acids is 2. The number of nitrogens with zero attached hydrogens (tertiary/aromatic N) is 2. The highest BCUT2D eigenvalue weighted by molar-refractivity contribution is 5.96. The molecule has 3 atom stereocenters. The molecule has 0 aromatic carbocycles. The van der Waals surface area contributed by atoms with Gasteiger partial charge in [0.15, 0.2) is 5.76 Å². The van der Waals surface area contributed by atoms with E-state index in [2.05, 4.69) is 0 Å². The predicted molar refractivity (Wildman–Crippen MR) is 75.6 cm³/mol. The number of amides is 2. The Kier molecular flexibility index (Phi) is 3.01. The monoisotopic (exact) mass is 288 g/mol. The zero-order valence-electron chi connectivity index (χ0n) is 12.0. The van der Waals surface area contributed by atoms with E-state index in [1.165, 1.54) is 6.26 Å². The Bertz CT molecular complexity index is 548. The normalized spacial score (nSPS) is 31.1. The lowest BCUT2D eigenvalue weighted by molar-refractivity contribution is -0.136. The summed E-state index contributed by atoms with van der Waals surface area (Å²) >= 11 is 0. The number of likely N-dealkylation sites (tertiary alicyclic amines) is 2. The number of fused-ring (bicyclic) bond motifs is 2. The van der Waals surface area contributed by atoms with E-state index in [0.29, 0.717) is 11.7 Å². The van der Waals surface area contributed by atoms with Crippen molar-refractivity contribution < 1.29 is 14.0 Å². The quantitative estimate of drug-likeness (QED) is 0.835. The molecular formula is C16H20N2O3. The molecule has 3 heterocycles. The third-order valence-electron chi connectivity index (χ3n) is 5.22. The van der Waals surface area contributed by atoms with Crippen molar-refractivity contribution in [3.8, 4) is 0 Å². The highest BCUT2D eigenvalue weighted by Gasteiger charge is 2.52. The second-order valence-corrected chi connectivity index (χ2v) is 6.39. The molecule has 1 aromatic rings. The Morgan fingerprint density at radius 3 is 2.71 bits per heavy atom. The van der Waals surface area contributed by atoms with Crippen molar-refractivity contribution in [2.45, 2.75) is 44.2 Å². The molecule has 2 aliphatic heterocycles. The first-order chi connectivity index (χ1) is 10.3. The fourth-order valence-electron chi connectivity index (χ4n) is 4.25. The molecule has 0 radical (unpaired) electrons. The van der Waals surface area contributed by atoms with Gasteiger partial charge in [0.05, 0.1) is 6.26 Å². The van der Waals surface area contributed by atoms with E-state index in [1.807, 2.05) is 9.80 Å². The van der Waals surface area contributed by atoms with Crippen LogP contribution in [0.15, 0.2) is 22.8 Å². The lowest BCUT2D eigenvalue weighted by Crippen LogP contribution is -2.53. The van der Waals surface area contributed by atoms with Crippen LogP contribution in [0.4, 0.5) is 0 Å². The lowest BCUT2D eigenvalue weighted by Gasteiger charge is -2.35. The van der Waals surface area contributed by atoms with Crippen LogP contribution < -0.4 is 0 Å². The van der Waals surface area contributed by atoms with Crippen LogP contribution in [0.5, 0.6) is 0 Å². The van der Waals surface area contributed by atoms with Gasteiger partial charge >= 0.3 is 0 Å². The smallest absolute Gasteiger partial charge is 0.290 e. The van der Waals surface area contributed by atoms with Crippen LogP contribution in [-0.2, 0) is 4.79 Å². The summed E-state index contributed by atoms with van der Waals surface area (Å²) in [6.45, 7) is 1.69. The van der Waals surface area contributed by atoms with Gasteiger partial charge in [-0.25, -0.2) is 0 Å². The van der Waals surface area contributed by atoms with E-state index >= 15 is 0 Å². The molecule has 1 saturated carbocycles. The maximum Gasteiger partial charge on any atom is 0.290 e. The molecule has 2 amide bonds. The van der Waals surface area contributed by atoms with Crippen LogP contribution in [0.2, 0.25) is 0 Å². The topological polar surface area (TPSA) is 53.8 Å². The fraction of sp³-hybridized carbons (Fsp3) is 0.625. The molecular weight excluding hydrogens is 268 g/mol. The maximum atomic E-state index is 12.8. The van der Waals surface area contributed by atoms with Gasteiger partial charge in [0, 0.05) is 19.1 Å². The van der Waals surface area contributed by atoms with Gasteiger partial charge in [0.25, 0.3) is 5.91 Å². The van der Waals surface area contributed by atoms with E-state index in [9.17, 15) is 9.59 Å². The molecule has 2 bridgehead atoms. The number of hydrogen-bond donors (Lipinski definition) is 0. The van der Waals surface area contributed by atoms with Gasteiger partial charge in [-0.1, -0.05) is 0 Å². The molecule has 112 valence electrons. The molecule has 2 unspecified atom stereocenters. The van der Waals surface area contributed by atoms with E-state index in [4.69, 9.17) is 4.42 Å². The van der Waals surface area contributed by atoms with Crippen molar-refractivity contribution in [1.29, 1.82) is 0 Å². The van der Waals surface area contributed by atoms with Crippen molar-refractivity contribution in [2.24, 2.45) is 5.92 Å². The minimum absolute atomic E-state index is 0.121. The first-order valence-electron chi connectivity index (χ1n) is 7.90. The minimum atomic E-state index is -0.264. The SMILES string of the molecule is O=C([C@@H]1C2CCC(C2)N1C(=O)c1ccco1)N1CCCC1. The number of carbonyl (C=O) groups is 2. The summed E-state index contributed by atoms with van der Waals surface area (Å²) in [4.78, 5) is 29.3. The molecule has 2 saturated heterocycles. The second kappa shape index (κ2) is 4.90. The number of hydrogen-bond acceptors (Lipinski definition) is 3. The summed E-state index contributed by atoms with van der Waals surface area (Å²) in [5.74, 6) is 0.716. The van der Waals surface area contributed by atoms with Gasteiger partial charge in [0.1, 0.15) is 6.04 Å². The molecule has 21 heavy (non-hydrogen) atoms. The Labute approximate surface area is 123 Å². The molecule has 3 fully saturated rings. The Morgan fingerprint density at radius 1 is 1.19 bits per heavy atom. The van der Waals surface area contributed by atoms with E-state index < -0.39 is 0 Å². The molecule has 1 aliphatic carbocycles. The van der Waals surface area contributed by atoms with Crippen LogP contribution in [0.25, 0.3) is 0 Å². The zero-order valence-corrected chi connectivity index (χ0v) is 12.0. The van der Waals surface area contributed by atoms with Gasteiger partial charge in [-0.05, 0) is 50.2 Å². The van der Waals surface area contributed by atoms with Gasteiger partial charge in [-0.15, -0.1) is 0 Å². The molecule has 0 N–H and O–H groups in total. The molecule has 1 aromatic heterocycles. The maximum absolute atomic E-state index is 12.8. The molecule has 3 aliphatic rings. The summed E-state index contributed by atoms with van der Waals surface area (Å²) in [6, 6.07) is 3.36. The van der Waals surface area contributed by atoms with E-state index in [0.717, 1.165) is 45.2 Å². The molecule has 5 heteroatoms. The first-order valence-corrected chi connectivity index (χ1v) is 7.90. The summed E-state index contributed by atoms with van der Waals surface area (Å²) in [6.07, 6.45) is 6.73. The van der Waals surface area contributed by atoms with Gasteiger partial charge in [-0.3, -0.25) is 9.59 Å². The standard InChI is InChI=1S/C16H20N2O3/c19-15(13-4-3-9-21-13)18-12-6-5-11(10-12)14(18)16(20)17-7-1-2-8-17/h3-4,9,11-12,14H,1-2,5-8,10H2/t11?,12?,14-/m0/s1. The van der Waals surface area contributed by atoms with Crippen LogP contribution >= 0.6 is 0 Å². The van der Waals surface area contributed by atoms with Crippen molar-refractivity contribution in [3.05, 3.63) is 24.2 Å². The summed E-state index contributed by atoms with van der Waals surface area (Å²) in [5.41, 5.74) is 0. The van der Waals surface area contributed by atoms with Crippen LogP contribution in [-0.4, -0.2) is 46.8 Å². The molecule has 5 nitrogen and oxygen atoms in total. The van der Waals surface area contributed by atoms with Crippen LogP contribution in [0.3, 0.4) is 0 Å². The fourth-order valence-corrected chi connectivity index (χ4v) is 4.25. The summed E-state index contributed by atoms with van der Waals surface area (Å²) in [7, 11) is 0. The van der Waals surface area contributed by atoms with Crippen molar-refractivity contribution in [3.63, 3.8) is 0 Å². The third kappa shape index (κ3) is 1.98. The van der Waals surface area contributed by atoms with E-state index in [1.54, 1.807) is 12.1 Å². The van der Waals surface area contributed by atoms with Crippen molar-refractivity contribution >= 4 is 11.8 Å². The Balaban J connectivity index is 1.61. The first kappa shape index (κ1) is 12.9. The average molecular weight is 288 g/mol. The average Bonchev–Trinajstić information content (AvgIpc) is 3.30. The number of furan rings is 1. The van der Waals surface area contributed by atoms with Crippen LogP contribution in [0.1, 0.15) is 42.7 Å². The van der Waals surface area contributed by atoms with Gasteiger partial charge in [0.2, 0.25) is 5.91 Å². The number of rotatable bonds is 2. The summed E-state index contributed by atoms with van der Waals surface area (Å²) in [5, 5.41) is 0. The van der Waals surface area contributed by atoms with E-state index in [-0.39, 0.29) is 23.9 Å². The lowest BCUT2D eigenvalue weighted by atomic mass is 9.97. The van der Waals surface area contributed by atoms with Gasteiger partial charge < -0.3 is 14.2 Å². The zero-order chi connectivity index (χ0) is 14.4. The number of piperidine rings is 1. The highest BCUT2D eigenvalue weighted by Crippen LogP contribution is 2.44.